The van der Waals surface area contributed by atoms with Gasteiger partial charge in [0.15, 0.2) is 5.65 Å². The standard InChI is InChI=1S/C18H15N5O2/c1-11-14(9-12-3-4-13(25-2)10-15(12)21-11)18(24)22-17-5-7-19-16-6-8-20-23(16)17/h3-10H,1-2H3,(H,22,24). The zero-order chi connectivity index (χ0) is 17.4. The number of aryl methyl sites for hydroxylation is 1. The van der Waals surface area contributed by atoms with Crippen molar-refractivity contribution in [3.05, 3.63) is 60.0 Å². The first-order valence-corrected chi connectivity index (χ1v) is 7.71. The zero-order valence-electron chi connectivity index (χ0n) is 13.7. The SMILES string of the molecule is COc1ccc2cc(C(=O)Nc3ccnc4ccnn34)c(C)nc2c1. The summed E-state index contributed by atoms with van der Waals surface area (Å²) in [5.74, 6) is 1.04. The van der Waals surface area contributed by atoms with Crippen molar-refractivity contribution in [1.29, 1.82) is 0 Å². The third-order valence-electron chi connectivity index (χ3n) is 3.99. The Balaban J connectivity index is 1.72. The van der Waals surface area contributed by atoms with Crippen LogP contribution in [0.3, 0.4) is 0 Å². The second-order valence-corrected chi connectivity index (χ2v) is 5.57. The molecule has 1 N–H and O–H groups in total. The van der Waals surface area contributed by atoms with E-state index in [9.17, 15) is 4.79 Å². The summed E-state index contributed by atoms with van der Waals surface area (Å²) < 4.78 is 6.79. The van der Waals surface area contributed by atoms with Crippen LogP contribution in [0.5, 0.6) is 5.75 Å². The van der Waals surface area contributed by atoms with Crippen molar-refractivity contribution in [1.82, 2.24) is 19.6 Å². The van der Waals surface area contributed by atoms with Gasteiger partial charge < -0.3 is 10.1 Å². The molecule has 0 unspecified atom stereocenters. The molecule has 124 valence electrons. The predicted octanol–water partition coefficient (Wildman–Crippen LogP) is 2.85. The van der Waals surface area contributed by atoms with E-state index in [1.54, 1.807) is 36.2 Å². The van der Waals surface area contributed by atoms with Crippen LogP contribution in [0, 0.1) is 6.92 Å². The van der Waals surface area contributed by atoms with Gasteiger partial charge in [-0.2, -0.15) is 9.61 Å². The molecule has 0 aliphatic heterocycles. The molecule has 0 atom stereocenters. The molecule has 0 saturated carbocycles. The van der Waals surface area contributed by atoms with E-state index < -0.39 is 0 Å². The van der Waals surface area contributed by atoms with E-state index in [0.717, 1.165) is 16.7 Å². The van der Waals surface area contributed by atoms with Crippen LogP contribution in [-0.4, -0.2) is 32.6 Å². The molecule has 4 rings (SSSR count). The Morgan fingerprint density at radius 2 is 2.04 bits per heavy atom. The molecule has 0 spiro atoms. The number of carbonyl (C=O) groups excluding carboxylic acids is 1. The molecule has 0 bridgehead atoms. The summed E-state index contributed by atoms with van der Waals surface area (Å²) in [6, 6.07) is 10.9. The van der Waals surface area contributed by atoms with E-state index in [-0.39, 0.29) is 5.91 Å². The molecule has 1 aromatic carbocycles. The lowest BCUT2D eigenvalue weighted by atomic mass is 10.1. The van der Waals surface area contributed by atoms with Crippen LogP contribution < -0.4 is 10.1 Å². The number of rotatable bonds is 3. The Bertz CT molecular complexity index is 1100. The van der Waals surface area contributed by atoms with E-state index in [1.807, 2.05) is 31.2 Å². The number of amides is 1. The van der Waals surface area contributed by atoms with E-state index in [0.29, 0.717) is 22.7 Å². The fourth-order valence-corrected chi connectivity index (χ4v) is 2.71. The molecule has 0 radical (unpaired) electrons. The van der Waals surface area contributed by atoms with Crippen molar-refractivity contribution < 1.29 is 9.53 Å². The van der Waals surface area contributed by atoms with Gasteiger partial charge in [0.05, 0.1) is 30.1 Å². The van der Waals surface area contributed by atoms with Gasteiger partial charge in [0.2, 0.25) is 0 Å². The molecule has 4 aromatic rings. The number of nitrogens with one attached hydrogen (secondary N) is 1. The Labute approximate surface area is 143 Å². The minimum atomic E-state index is -0.245. The van der Waals surface area contributed by atoms with Crippen molar-refractivity contribution in [3.63, 3.8) is 0 Å². The summed E-state index contributed by atoms with van der Waals surface area (Å²) >= 11 is 0. The van der Waals surface area contributed by atoms with Crippen LogP contribution in [0.4, 0.5) is 5.82 Å². The molecule has 0 aliphatic rings. The van der Waals surface area contributed by atoms with E-state index in [4.69, 9.17) is 4.74 Å². The number of ether oxygens (including phenoxy) is 1. The second kappa shape index (κ2) is 5.86. The Kier molecular flexibility index (Phi) is 3.53. The van der Waals surface area contributed by atoms with Crippen LogP contribution in [0.25, 0.3) is 16.6 Å². The van der Waals surface area contributed by atoms with Crippen LogP contribution in [0.2, 0.25) is 0 Å². The van der Waals surface area contributed by atoms with Crippen molar-refractivity contribution in [2.45, 2.75) is 6.92 Å². The molecule has 7 nitrogen and oxygen atoms in total. The molecule has 0 aliphatic carbocycles. The van der Waals surface area contributed by atoms with Gasteiger partial charge in [0, 0.05) is 23.7 Å². The monoisotopic (exact) mass is 333 g/mol. The highest BCUT2D eigenvalue weighted by Gasteiger charge is 2.14. The summed E-state index contributed by atoms with van der Waals surface area (Å²) in [5, 5.41) is 7.91. The molecule has 25 heavy (non-hydrogen) atoms. The Morgan fingerprint density at radius 1 is 1.16 bits per heavy atom. The van der Waals surface area contributed by atoms with E-state index >= 15 is 0 Å². The molecule has 3 aromatic heterocycles. The summed E-state index contributed by atoms with van der Waals surface area (Å²) in [4.78, 5) is 21.4. The maximum Gasteiger partial charge on any atom is 0.258 e. The van der Waals surface area contributed by atoms with Gasteiger partial charge in [-0.15, -0.1) is 0 Å². The van der Waals surface area contributed by atoms with Gasteiger partial charge >= 0.3 is 0 Å². The normalized spacial score (nSPS) is 11.0. The van der Waals surface area contributed by atoms with Crippen LogP contribution in [0.1, 0.15) is 16.1 Å². The molecule has 0 fully saturated rings. The van der Waals surface area contributed by atoms with Crippen molar-refractivity contribution in [2.24, 2.45) is 0 Å². The zero-order valence-corrected chi connectivity index (χ0v) is 13.7. The smallest absolute Gasteiger partial charge is 0.258 e. The fourth-order valence-electron chi connectivity index (χ4n) is 2.71. The highest BCUT2D eigenvalue weighted by atomic mass is 16.5. The summed E-state index contributed by atoms with van der Waals surface area (Å²) in [5.41, 5.74) is 2.60. The fraction of sp³-hybridized carbons (Fsp3) is 0.111. The average molecular weight is 333 g/mol. The number of pyridine rings is 1. The Morgan fingerprint density at radius 3 is 2.88 bits per heavy atom. The molecule has 7 heteroatoms. The average Bonchev–Trinajstić information content (AvgIpc) is 3.10. The van der Waals surface area contributed by atoms with Gasteiger partial charge in [-0.3, -0.25) is 9.78 Å². The van der Waals surface area contributed by atoms with Crippen molar-refractivity contribution in [2.75, 3.05) is 12.4 Å². The van der Waals surface area contributed by atoms with E-state index in [1.165, 1.54) is 0 Å². The topological polar surface area (TPSA) is 81.4 Å². The third-order valence-corrected chi connectivity index (χ3v) is 3.99. The lowest BCUT2D eigenvalue weighted by Crippen LogP contribution is -2.16. The number of hydrogen-bond acceptors (Lipinski definition) is 5. The summed E-state index contributed by atoms with van der Waals surface area (Å²) in [6.07, 6.45) is 3.26. The minimum absolute atomic E-state index is 0.245. The maximum absolute atomic E-state index is 12.7. The van der Waals surface area contributed by atoms with Gasteiger partial charge in [-0.25, -0.2) is 4.98 Å². The highest BCUT2D eigenvalue weighted by molar-refractivity contribution is 6.06. The molecule has 1 amide bonds. The van der Waals surface area contributed by atoms with Crippen LogP contribution in [0.15, 0.2) is 48.8 Å². The third kappa shape index (κ3) is 2.65. The highest BCUT2D eigenvalue weighted by Crippen LogP contribution is 2.22. The molecular formula is C18H15N5O2. The number of nitrogens with zero attached hydrogens (tertiary/aromatic N) is 4. The van der Waals surface area contributed by atoms with Crippen molar-refractivity contribution in [3.8, 4) is 5.75 Å². The first kappa shape index (κ1) is 15.1. The largest absolute Gasteiger partial charge is 0.497 e. The number of hydrogen-bond donors (Lipinski definition) is 1. The second-order valence-electron chi connectivity index (χ2n) is 5.57. The van der Waals surface area contributed by atoms with Gasteiger partial charge in [0.1, 0.15) is 11.6 Å². The van der Waals surface area contributed by atoms with Gasteiger partial charge in [0.25, 0.3) is 5.91 Å². The first-order valence-electron chi connectivity index (χ1n) is 7.71. The maximum atomic E-state index is 12.7. The number of methoxy groups -OCH3 is 1. The minimum Gasteiger partial charge on any atom is -0.497 e. The van der Waals surface area contributed by atoms with Gasteiger partial charge in [-0.05, 0) is 31.2 Å². The molecule has 0 saturated heterocycles. The van der Waals surface area contributed by atoms with Crippen molar-refractivity contribution >= 4 is 28.3 Å². The lowest BCUT2D eigenvalue weighted by Gasteiger charge is -2.10. The predicted molar refractivity (Wildman–Crippen MR) is 94.0 cm³/mol. The number of carbonyl (C=O) groups is 1. The molecule has 3 heterocycles. The number of anilines is 1. The van der Waals surface area contributed by atoms with Crippen LogP contribution >= 0.6 is 0 Å². The Hall–Kier alpha value is -3.48. The van der Waals surface area contributed by atoms with Crippen LogP contribution in [-0.2, 0) is 0 Å². The number of fused-ring (bicyclic) bond motifs is 2. The summed E-state index contributed by atoms with van der Waals surface area (Å²) in [7, 11) is 1.61. The lowest BCUT2D eigenvalue weighted by molar-refractivity contribution is 0.102. The number of benzene rings is 1. The summed E-state index contributed by atoms with van der Waals surface area (Å²) in [6.45, 7) is 1.81. The van der Waals surface area contributed by atoms with E-state index in [2.05, 4.69) is 20.4 Å². The number of aromatic nitrogens is 4. The first-order chi connectivity index (χ1) is 12.2. The molecular weight excluding hydrogens is 318 g/mol. The van der Waals surface area contributed by atoms with Gasteiger partial charge in [-0.1, -0.05) is 0 Å². The quantitative estimate of drug-likeness (QED) is 0.623.